The third-order valence-corrected chi connectivity index (χ3v) is 3.52. The number of hydrogen-bond acceptors (Lipinski definition) is 4. The van der Waals surface area contributed by atoms with Gasteiger partial charge in [-0.15, -0.1) is 0 Å². The predicted molar refractivity (Wildman–Crippen MR) is 76.3 cm³/mol. The molecule has 1 heterocycles. The maximum atomic E-state index is 11.8. The minimum atomic E-state index is -1.13. The Morgan fingerprint density at radius 1 is 1.37 bits per heavy atom. The summed E-state index contributed by atoms with van der Waals surface area (Å²) >= 11 is 3.42. The van der Waals surface area contributed by atoms with Crippen molar-refractivity contribution in [1.82, 2.24) is 9.97 Å². The Bertz CT molecular complexity index is 590. The monoisotopic (exact) mass is 320 g/mol. The number of nitrogens with two attached hydrogens (primary N) is 1. The highest BCUT2D eigenvalue weighted by Gasteiger charge is 2.35. The van der Waals surface area contributed by atoms with Gasteiger partial charge in [0.1, 0.15) is 0 Å². The van der Waals surface area contributed by atoms with E-state index in [0.717, 1.165) is 10.2 Å². The summed E-state index contributed by atoms with van der Waals surface area (Å²) in [5.41, 5.74) is 5.62. The van der Waals surface area contributed by atoms with Crippen molar-refractivity contribution in [3.63, 3.8) is 0 Å². The van der Waals surface area contributed by atoms with E-state index in [1.807, 2.05) is 24.3 Å². The van der Waals surface area contributed by atoms with Gasteiger partial charge in [-0.3, -0.25) is 14.8 Å². The maximum Gasteiger partial charge on any atom is 0.249 e. The van der Waals surface area contributed by atoms with Gasteiger partial charge in [0.25, 0.3) is 0 Å². The second-order valence-electron chi connectivity index (χ2n) is 4.18. The zero-order valence-corrected chi connectivity index (χ0v) is 11.9. The van der Waals surface area contributed by atoms with E-state index in [9.17, 15) is 4.79 Å². The molecule has 1 amide bonds. The summed E-state index contributed by atoms with van der Waals surface area (Å²) in [6.45, 7) is 1.68. The van der Waals surface area contributed by atoms with Gasteiger partial charge in [0.15, 0.2) is 5.54 Å². The number of benzene rings is 1. The van der Waals surface area contributed by atoms with E-state index in [2.05, 4.69) is 31.2 Å². The van der Waals surface area contributed by atoms with E-state index >= 15 is 0 Å². The molecule has 1 atom stereocenters. The number of rotatable bonds is 4. The number of nitrogens with one attached hydrogen (secondary N) is 1. The summed E-state index contributed by atoms with van der Waals surface area (Å²) in [6.07, 6.45) is 4.59. The first kappa shape index (κ1) is 13.5. The van der Waals surface area contributed by atoms with Crippen LogP contribution in [0.4, 0.5) is 5.69 Å². The molecular formula is C13H13BrN4O. The minimum Gasteiger partial charge on any atom is -0.367 e. The van der Waals surface area contributed by atoms with Crippen LogP contribution < -0.4 is 11.1 Å². The van der Waals surface area contributed by atoms with Gasteiger partial charge in [-0.25, -0.2) is 0 Å². The van der Waals surface area contributed by atoms with Crippen LogP contribution in [0.25, 0.3) is 0 Å². The lowest BCUT2D eigenvalue weighted by molar-refractivity contribution is -0.122. The third kappa shape index (κ3) is 2.73. The van der Waals surface area contributed by atoms with Crippen LogP contribution in [0.3, 0.4) is 0 Å². The Hall–Kier alpha value is -1.95. The molecule has 0 saturated carbocycles. The highest BCUT2D eigenvalue weighted by atomic mass is 79.9. The number of aromatic nitrogens is 2. The average Bonchev–Trinajstić information content (AvgIpc) is 2.42. The molecule has 0 aliphatic carbocycles. The summed E-state index contributed by atoms with van der Waals surface area (Å²) in [5.74, 6) is -0.524. The van der Waals surface area contributed by atoms with E-state index in [4.69, 9.17) is 5.73 Å². The Morgan fingerprint density at radius 2 is 2.11 bits per heavy atom. The van der Waals surface area contributed by atoms with E-state index in [-0.39, 0.29) is 0 Å². The van der Waals surface area contributed by atoms with Gasteiger partial charge in [-0.2, -0.15) is 0 Å². The van der Waals surface area contributed by atoms with Crippen molar-refractivity contribution in [3.05, 3.63) is 53.0 Å². The molecule has 0 bridgehead atoms. The van der Waals surface area contributed by atoms with Crippen LogP contribution in [0.15, 0.2) is 47.3 Å². The number of hydrogen-bond donors (Lipinski definition) is 2. The zero-order chi connectivity index (χ0) is 13.9. The lowest BCUT2D eigenvalue weighted by Gasteiger charge is -2.28. The van der Waals surface area contributed by atoms with Crippen molar-refractivity contribution in [2.24, 2.45) is 5.73 Å². The zero-order valence-electron chi connectivity index (χ0n) is 10.3. The minimum absolute atomic E-state index is 0.471. The van der Waals surface area contributed by atoms with Gasteiger partial charge < -0.3 is 11.1 Å². The summed E-state index contributed by atoms with van der Waals surface area (Å²) < 4.78 is 0.839. The molecule has 3 N–H and O–H groups in total. The first-order valence-electron chi connectivity index (χ1n) is 5.63. The highest BCUT2D eigenvalue weighted by Crippen LogP contribution is 2.29. The van der Waals surface area contributed by atoms with Crippen molar-refractivity contribution in [2.45, 2.75) is 12.5 Å². The van der Waals surface area contributed by atoms with Crippen LogP contribution in [-0.2, 0) is 10.3 Å². The molecule has 5 nitrogen and oxygen atoms in total. The van der Waals surface area contributed by atoms with E-state index in [0.29, 0.717) is 5.69 Å². The SMILES string of the molecule is CC(Nc1ccccc1Br)(C(N)=O)c1cnccn1. The lowest BCUT2D eigenvalue weighted by Crippen LogP contribution is -2.46. The molecule has 0 spiro atoms. The number of amides is 1. The Morgan fingerprint density at radius 3 is 2.68 bits per heavy atom. The molecule has 0 saturated heterocycles. The Labute approximate surface area is 119 Å². The topological polar surface area (TPSA) is 80.9 Å². The molecule has 0 radical (unpaired) electrons. The largest absolute Gasteiger partial charge is 0.367 e. The molecule has 6 heteroatoms. The number of anilines is 1. The molecule has 0 aliphatic rings. The van der Waals surface area contributed by atoms with Crippen molar-refractivity contribution in [1.29, 1.82) is 0 Å². The van der Waals surface area contributed by atoms with Crippen molar-refractivity contribution < 1.29 is 4.79 Å². The summed E-state index contributed by atoms with van der Waals surface area (Å²) in [6, 6.07) is 7.48. The molecule has 0 fully saturated rings. The van der Waals surface area contributed by atoms with Gasteiger partial charge in [0.05, 0.1) is 11.9 Å². The molecule has 2 rings (SSSR count). The van der Waals surface area contributed by atoms with Gasteiger partial charge in [0, 0.05) is 22.6 Å². The fourth-order valence-corrected chi connectivity index (χ4v) is 2.02. The Balaban J connectivity index is 2.42. The van der Waals surface area contributed by atoms with Crippen molar-refractivity contribution in [3.8, 4) is 0 Å². The van der Waals surface area contributed by atoms with Crippen molar-refractivity contribution in [2.75, 3.05) is 5.32 Å². The smallest absolute Gasteiger partial charge is 0.249 e. The van der Waals surface area contributed by atoms with Crippen LogP contribution in [0.1, 0.15) is 12.6 Å². The van der Waals surface area contributed by atoms with E-state index in [1.54, 1.807) is 13.1 Å². The first-order chi connectivity index (χ1) is 9.04. The van der Waals surface area contributed by atoms with Crippen LogP contribution in [0.5, 0.6) is 0 Å². The molecule has 2 aromatic rings. The lowest BCUT2D eigenvalue weighted by atomic mass is 9.96. The van der Waals surface area contributed by atoms with Gasteiger partial charge >= 0.3 is 0 Å². The fraction of sp³-hybridized carbons (Fsp3) is 0.154. The second kappa shape index (κ2) is 5.36. The second-order valence-corrected chi connectivity index (χ2v) is 5.04. The summed E-state index contributed by atoms with van der Waals surface area (Å²) in [7, 11) is 0. The number of carbonyl (C=O) groups is 1. The first-order valence-corrected chi connectivity index (χ1v) is 6.42. The number of nitrogens with zero attached hydrogens (tertiary/aromatic N) is 2. The normalized spacial score (nSPS) is 13.6. The molecule has 98 valence electrons. The standard InChI is InChI=1S/C13H13BrN4O/c1-13(12(15)19,11-8-16-6-7-17-11)18-10-5-3-2-4-9(10)14/h2-8,18H,1H3,(H2,15,19). The molecule has 1 aromatic carbocycles. The van der Waals surface area contributed by atoms with Crippen molar-refractivity contribution >= 4 is 27.5 Å². The number of halogens is 1. The van der Waals surface area contributed by atoms with Gasteiger partial charge in [-0.05, 0) is 35.0 Å². The Kier molecular flexibility index (Phi) is 3.80. The molecular weight excluding hydrogens is 308 g/mol. The van der Waals surface area contributed by atoms with Crippen LogP contribution in [-0.4, -0.2) is 15.9 Å². The van der Waals surface area contributed by atoms with Gasteiger partial charge in [-0.1, -0.05) is 12.1 Å². The van der Waals surface area contributed by atoms with Gasteiger partial charge in [0.2, 0.25) is 5.91 Å². The van der Waals surface area contributed by atoms with Crippen LogP contribution >= 0.6 is 15.9 Å². The van der Waals surface area contributed by atoms with E-state index in [1.165, 1.54) is 12.4 Å². The highest BCUT2D eigenvalue weighted by molar-refractivity contribution is 9.10. The van der Waals surface area contributed by atoms with E-state index < -0.39 is 11.4 Å². The molecule has 19 heavy (non-hydrogen) atoms. The van der Waals surface area contributed by atoms with Crippen LogP contribution in [0.2, 0.25) is 0 Å². The molecule has 0 aliphatic heterocycles. The molecule has 1 aromatic heterocycles. The van der Waals surface area contributed by atoms with Crippen LogP contribution in [0, 0.1) is 0 Å². The number of primary amides is 1. The molecule has 1 unspecified atom stereocenters. The number of para-hydroxylation sites is 1. The summed E-state index contributed by atoms with van der Waals surface area (Å²) in [4.78, 5) is 19.9. The predicted octanol–water partition coefficient (Wildman–Crippen LogP) is 2.05. The fourth-order valence-electron chi connectivity index (χ4n) is 1.64. The summed E-state index contributed by atoms with van der Waals surface area (Å²) in [5, 5.41) is 3.12. The average molecular weight is 321 g/mol. The third-order valence-electron chi connectivity index (χ3n) is 2.83. The number of carbonyl (C=O) groups excluding carboxylic acids is 1. The maximum absolute atomic E-state index is 11.8. The quantitative estimate of drug-likeness (QED) is 0.903.